The molecule has 0 aromatic heterocycles. The summed E-state index contributed by atoms with van der Waals surface area (Å²) in [5, 5.41) is 15.9. The minimum absolute atomic E-state index is 0.681. The van der Waals surface area contributed by atoms with Crippen LogP contribution in [0.1, 0.15) is 32.1 Å². The highest BCUT2D eigenvalue weighted by Gasteiger charge is 2.32. The second kappa shape index (κ2) is 3.99. The number of amides is 2. The molecule has 1 fully saturated rings. The fourth-order valence-electron chi connectivity index (χ4n) is 1.52. The van der Waals surface area contributed by atoms with Gasteiger partial charge in [0, 0.05) is 0 Å². The van der Waals surface area contributed by atoms with Gasteiger partial charge in [-0.05, 0) is 25.7 Å². The van der Waals surface area contributed by atoms with Gasteiger partial charge in [-0.25, -0.2) is 4.79 Å². The Kier molecular flexibility index (Phi) is 2.96. The minimum Gasteiger partial charge on any atom is -0.348 e. The molecule has 1 rings (SSSR count). The average Bonchev–Trinajstić information content (AvgIpc) is 2.16. The van der Waals surface area contributed by atoms with Crippen molar-refractivity contribution in [1.82, 2.24) is 0 Å². The Morgan fingerprint density at radius 3 is 2.46 bits per heavy atom. The van der Waals surface area contributed by atoms with Crippen molar-refractivity contribution in [3.8, 4) is 6.07 Å². The molecule has 0 spiro atoms. The van der Waals surface area contributed by atoms with E-state index in [4.69, 9.17) is 11.0 Å². The summed E-state index contributed by atoms with van der Waals surface area (Å²) in [6.07, 6.45) is 4.41. The van der Waals surface area contributed by atoms with Crippen molar-refractivity contribution < 1.29 is 4.79 Å². The van der Waals surface area contributed by atoms with Crippen molar-refractivity contribution in [2.24, 2.45) is 16.0 Å². The third-order valence-electron chi connectivity index (χ3n) is 2.23. The zero-order chi connectivity index (χ0) is 9.73. The molecule has 1 aliphatic carbocycles. The van der Waals surface area contributed by atoms with Crippen LogP contribution in [0.5, 0.6) is 0 Å². The van der Waals surface area contributed by atoms with Crippen LogP contribution in [0.25, 0.3) is 0 Å². The molecular formula is C8H12N4O. The molecule has 5 nitrogen and oxygen atoms in total. The first kappa shape index (κ1) is 9.65. The van der Waals surface area contributed by atoms with Crippen LogP contribution in [0.3, 0.4) is 0 Å². The maximum absolute atomic E-state index is 10.4. The first-order valence-corrected chi connectivity index (χ1v) is 4.32. The predicted octanol–water partition coefficient (Wildman–Crippen LogP) is 1.74. The van der Waals surface area contributed by atoms with Crippen LogP contribution >= 0.6 is 0 Å². The monoisotopic (exact) mass is 180 g/mol. The highest BCUT2D eigenvalue weighted by molar-refractivity contribution is 5.71. The lowest BCUT2D eigenvalue weighted by Crippen LogP contribution is -2.27. The molecule has 70 valence electrons. The lowest BCUT2D eigenvalue weighted by atomic mass is 9.84. The maximum atomic E-state index is 10.4. The van der Waals surface area contributed by atoms with Crippen LogP contribution in [0, 0.1) is 11.3 Å². The third-order valence-corrected chi connectivity index (χ3v) is 2.23. The van der Waals surface area contributed by atoms with Crippen molar-refractivity contribution in [1.29, 1.82) is 5.26 Å². The highest BCUT2D eigenvalue weighted by atomic mass is 16.2. The fourth-order valence-corrected chi connectivity index (χ4v) is 1.52. The fraction of sp³-hybridized carbons (Fsp3) is 0.750. The molecule has 2 amide bonds. The van der Waals surface area contributed by atoms with E-state index in [0.717, 1.165) is 19.3 Å². The summed E-state index contributed by atoms with van der Waals surface area (Å²) in [5.41, 5.74) is 4.03. The zero-order valence-corrected chi connectivity index (χ0v) is 7.36. The van der Waals surface area contributed by atoms with Gasteiger partial charge in [0.05, 0.1) is 6.07 Å². The number of hydrogen-bond acceptors (Lipinski definition) is 3. The Hall–Kier alpha value is -1.44. The van der Waals surface area contributed by atoms with Crippen LogP contribution in [0.4, 0.5) is 4.79 Å². The summed E-state index contributed by atoms with van der Waals surface area (Å²) in [4.78, 5) is 10.4. The van der Waals surface area contributed by atoms with E-state index < -0.39 is 11.6 Å². The number of nitriles is 1. The SMILES string of the molecule is N#CC1(/N=N/C(N)=O)CCCCC1. The summed E-state index contributed by atoms with van der Waals surface area (Å²) >= 11 is 0. The normalized spacial score (nSPS) is 21.2. The van der Waals surface area contributed by atoms with Gasteiger partial charge in [0.1, 0.15) is 0 Å². The van der Waals surface area contributed by atoms with Gasteiger partial charge in [-0.15, -0.1) is 0 Å². The Labute approximate surface area is 76.6 Å². The van der Waals surface area contributed by atoms with E-state index in [0.29, 0.717) is 12.8 Å². The van der Waals surface area contributed by atoms with Crippen molar-refractivity contribution >= 4 is 6.03 Å². The summed E-state index contributed by atoms with van der Waals surface area (Å²) < 4.78 is 0. The number of azo groups is 1. The van der Waals surface area contributed by atoms with Crippen molar-refractivity contribution in [2.45, 2.75) is 37.6 Å². The molecule has 0 aromatic rings. The molecule has 2 N–H and O–H groups in total. The topological polar surface area (TPSA) is 91.6 Å². The molecule has 0 aromatic carbocycles. The van der Waals surface area contributed by atoms with Gasteiger partial charge < -0.3 is 5.73 Å². The molecule has 0 bridgehead atoms. The molecule has 1 aliphatic rings. The van der Waals surface area contributed by atoms with Gasteiger partial charge in [-0.3, -0.25) is 0 Å². The van der Waals surface area contributed by atoms with Gasteiger partial charge in [0.2, 0.25) is 0 Å². The van der Waals surface area contributed by atoms with Gasteiger partial charge in [0.15, 0.2) is 5.54 Å². The number of primary amides is 1. The second-order valence-electron chi connectivity index (χ2n) is 3.24. The number of carbonyl (C=O) groups is 1. The number of rotatable bonds is 1. The molecule has 0 radical (unpaired) electrons. The Morgan fingerprint density at radius 2 is 2.00 bits per heavy atom. The van der Waals surface area contributed by atoms with E-state index >= 15 is 0 Å². The summed E-state index contributed by atoms with van der Waals surface area (Å²) in [5.74, 6) is 0. The number of carbonyl (C=O) groups excluding carboxylic acids is 1. The molecule has 5 heteroatoms. The maximum Gasteiger partial charge on any atom is 0.356 e. The van der Waals surface area contributed by atoms with Crippen LogP contribution < -0.4 is 5.73 Å². The molecule has 0 atom stereocenters. The first-order chi connectivity index (χ1) is 6.18. The van der Waals surface area contributed by atoms with Crippen LogP contribution in [0.2, 0.25) is 0 Å². The van der Waals surface area contributed by atoms with E-state index in [2.05, 4.69) is 16.3 Å². The third kappa shape index (κ3) is 2.51. The summed E-state index contributed by atoms with van der Waals surface area (Å²) in [7, 11) is 0. The lowest BCUT2D eigenvalue weighted by molar-refractivity contribution is 0.253. The number of nitrogens with two attached hydrogens (primary N) is 1. The van der Waals surface area contributed by atoms with E-state index in [9.17, 15) is 4.79 Å². The average molecular weight is 180 g/mol. The predicted molar refractivity (Wildman–Crippen MR) is 45.9 cm³/mol. The van der Waals surface area contributed by atoms with Gasteiger partial charge >= 0.3 is 6.03 Å². The van der Waals surface area contributed by atoms with Crippen LogP contribution in [-0.4, -0.2) is 11.6 Å². The number of urea groups is 1. The minimum atomic E-state index is -0.833. The van der Waals surface area contributed by atoms with Crippen molar-refractivity contribution in [3.05, 3.63) is 0 Å². The number of nitrogens with zero attached hydrogens (tertiary/aromatic N) is 3. The van der Waals surface area contributed by atoms with E-state index in [-0.39, 0.29) is 0 Å². The molecule has 0 aliphatic heterocycles. The molecule has 0 unspecified atom stereocenters. The summed E-state index contributed by atoms with van der Waals surface area (Å²) in [6, 6.07) is 1.27. The Morgan fingerprint density at radius 1 is 1.38 bits per heavy atom. The summed E-state index contributed by atoms with van der Waals surface area (Å²) in [6.45, 7) is 0. The quantitative estimate of drug-likeness (QED) is 0.622. The smallest absolute Gasteiger partial charge is 0.348 e. The largest absolute Gasteiger partial charge is 0.356 e. The Balaban J connectivity index is 2.69. The van der Waals surface area contributed by atoms with Crippen molar-refractivity contribution in [2.75, 3.05) is 0 Å². The van der Waals surface area contributed by atoms with Crippen LogP contribution in [0.15, 0.2) is 10.2 Å². The standard InChI is InChI=1S/C8H12N4O/c9-6-8(12-11-7(10)13)4-2-1-3-5-8/h1-5H2,(H2,10,13)/b12-11+. The van der Waals surface area contributed by atoms with Crippen LogP contribution in [-0.2, 0) is 0 Å². The van der Waals surface area contributed by atoms with Gasteiger partial charge in [-0.1, -0.05) is 11.5 Å². The van der Waals surface area contributed by atoms with Gasteiger partial charge in [0.25, 0.3) is 0 Å². The highest BCUT2D eigenvalue weighted by Crippen LogP contribution is 2.31. The molecule has 13 heavy (non-hydrogen) atoms. The molecule has 1 saturated carbocycles. The molecule has 0 saturated heterocycles. The van der Waals surface area contributed by atoms with E-state index in [1.807, 2.05) is 0 Å². The van der Waals surface area contributed by atoms with E-state index in [1.54, 1.807) is 0 Å². The van der Waals surface area contributed by atoms with Crippen molar-refractivity contribution in [3.63, 3.8) is 0 Å². The second-order valence-corrected chi connectivity index (χ2v) is 3.24. The Bertz CT molecular complexity index is 260. The lowest BCUT2D eigenvalue weighted by Gasteiger charge is -2.24. The number of hydrogen-bond donors (Lipinski definition) is 1. The zero-order valence-electron chi connectivity index (χ0n) is 7.36. The van der Waals surface area contributed by atoms with Gasteiger partial charge in [-0.2, -0.15) is 10.4 Å². The first-order valence-electron chi connectivity index (χ1n) is 4.32. The molecular weight excluding hydrogens is 168 g/mol. The molecule has 0 heterocycles. The van der Waals surface area contributed by atoms with E-state index in [1.165, 1.54) is 0 Å².